The summed E-state index contributed by atoms with van der Waals surface area (Å²) in [5.74, 6) is -2.41. The van der Waals surface area contributed by atoms with Gasteiger partial charge in [0, 0.05) is 0 Å². The number of hydrogen-bond donors (Lipinski definition) is 2. The fourth-order valence-electron chi connectivity index (χ4n) is 1.27. The van der Waals surface area contributed by atoms with Crippen LogP contribution in [0.3, 0.4) is 0 Å². The summed E-state index contributed by atoms with van der Waals surface area (Å²) in [5, 5.41) is 7.79. The molecule has 0 aliphatic rings. The van der Waals surface area contributed by atoms with Gasteiger partial charge < -0.3 is 5.11 Å². The Kier molecular flexibility index (Phi) is 5.14. The lowest BCUT2D eigenvalue weighted by atomic mass is 10.2. The Morgan fingerprint density at radius 3 is 2.53 bits per heavy atom. The minimum absolute atomic E-state index is 0.0300. The predicted molar refractivity (Wildman–Crippen MR) is 68.5 cm³/mol. The van der Waals surface area contributed by atoms with E-state index < -0.39 is 37.8 Å². The number of benzene rings is 1. The van der Waals surface area contributed by atoms with Gasteiger partial charge in [-0.05, 0) is 18.6 Å². The Morgan fingerprint density at radius 2 is 2.05 bits per heavy atom. The molecule has 1 aromatic rings. The number of nitrogens with one attached hydrogen (secondary N) is 1. The van der Waals surface area contributed by atoms with Gasteiger partial charge in [0.25, 0.3) is 0 Å². The highest BCUT2D eigenvalue weighted by molar-refractivity contribution is 7.89. The molecule has 0 saturated heterocycles. The number of rotatable bonds is 5. The molecule has 0 spiro atoms. The zero-order valence-corrected chi connectivity index (χ0v) is 12.0. The van der Waals surface area contributed by atoms with Crippen LogP contribution in [0, 0.1) is 5.82 Å². The molecule has 1 atom stereocenters. The summed E-state index contributed by atoms with van der Waals surface area (Å²) < 4.78 is 39.2. The monoisotopic (exact) mass is 329 g/mol. The second kappa shape index (κ2) is 6.04. The second-order valence-corrected chi connectivity index (χ2v) is 6.06. The Hall–Kier alpha value is -0.890. The smallest absolute Gasteiger partial charge is 0.321 e. The molecule has 0 bridgehead atoms. The van der Waals surface area contributed by atoms with E-state index in [0.29, 0.717) is 0 Å². The summed E-state index contributed by atoms with van der Waals surface area (Å²) in [5.41, 5.74) is 0. The summed E-state index contributed by atoms with van der Waals surface area (Å²) in [6.45, 7) is 1.49. The van der Waals surface area contributed by atoms with Gasteiger partial charge in [0.15, 0.2) is 5.82 Å². The first-order valence-corrected chi connectivity index (χ1v) is 7.33. The molecule has 0 saturated carbocycles. The number of halogens is 3. The Balaban J connectivity index is 3.22. The molecule has 19 heavy (non-hydrogen) atoms. The maximum atomic E-state index is 13.4. The predicted octanol–water partition coefficient (Wildman–Crippen LogP) is 2.27. The second-order valence-electron chi connectivity index (χ2n) is 3.59. The topological polar surface area (TPSA) is 83.5 Å². The molecule has 0 aromatic heterocycles. The molecule has 2 N–H and O–H groups in total. The molecule has 0 heterocycles. The Labute approximate surface area is 119 Å². The molecule has 0 radical (unpaired) electrons. The Bertz CT molecular complexity index is 606. The fraction of sp³-hybridized carbons (Fsp3) is 0.300. The lowest BCUT2D eigenvalue weighted by molar-refractivity contribution is -0.139. The summed E-state index contributed by atoms with van der Waals surface area (Å²) in [6, 6.07) is 0.712. The van der Waals surface area contributed by atoms with Gasteiger partial charge in [-0.15, -0.1) is 0 Å². The molecular formula is C10H10Cl2FNO4S. The van der Waals surface area contributed by atoms with Crippen molar-refractivity contribution in [1.82, 2.24) is 4.72 Å². The van der Waals surface area contributed by atoms with Crippen molar-refractivity contribution in [3.05, 3.63) is 28.0 Å². The number of sulfonamides is 1. The van der Waals surface area contributed by atoms with Crippen LogP contribution in [0.15, 0.2) is 17.0 Å². The first kappa shape index (κ1) is 16.2. The molecule has 5 nitrogen and oxygen atoms in total. The molecule has 9 heteroatoms. The molecule has 0 fully saturated rings. The van der Waals surface area contributed by atoms with E-state index in [4.69, 9.17) is 28.3 Å². The van der Waals surface area contributed by atoms with Gasteiger partial charge in [0.1, 0.15) is 10.9 Å². The average molecular weight is 330 g/mol. The molecule has 0 amide bonds. The van der Waals surface area contributed by atoms with Crippen LogP contribution in [0.5, 0.6) is 0 Å². The van der Waals surface area contributed by atoms with E-state index in [0.717, 1.165) is 12.1 Å². The highest BCUT2D eigenvalue weighted by atomic mass is 35.5. The van der Waals surface area contributed by atoms with Gasteiger partial charge >= 0.3 is 5.97 Å². The molecule has 1 rings (SSSR count). The SMILES string of the molecule is CCC(NS(=O)(=O)c1ccc(Cl)c(F)c1Cl)C(=O)O. The van der Waals surface area contributed by atoms with Crippen molar-refractivity contribution >= 4 is 39.2 Å². The van der Waals surface area contributed by atoms with Crippen LogP contribution >= 0.6 is 23.2 Å². The van der Waals surface area contributed by atoms with Crippen molar-refractivity contribution in [2.75, 3.05) is 0 Å². The molecule has 1 aromatic carbocycles. The summed E-state index contributed by atoms with van der Waals surface area (Å²) in [4.78, 5) is 10.2. The summed E-state index contributed by atoms with van der Waals surface area (Å²) in [6.07, 6.45) is 0.0300. The number of carboxylic acids is 1. The van der Waals surface area contributed by atoms with Gasteiger partial charge in [0.05, 0.1) is 10.0 Å². The van der Waals surface area contributed by atoms with Gasteiger partial charge in [-0.3, -0.25) is 4.79 Å². The molecule has 0 aliphatic heterocycles. The lowest BCUT2D eigenvalue weighted by Crippen LogP contribution is -2.40. The summed E-state index contributed by atoms with van der Waals surface area (Å²) >= 11 is 11.0. The summed E-state index contributed by atoms with van der Waals surface area (Å²) in [7, 11) is -4.25. The largest absolute Gasteiger partial charge is 0.480 e. The lowest BCUT2D eigenvalue weighted by Gasteiger charge is -2.14. The van der Waals surface area contributed by atoms with E-state index in [1.165, 1.54) is 6.92 Å². The third-order valence-electron chi connectivity index (χ3n) is 2.29. The van der Waals surface area contributed by atoms with Crippen molar-refractivity contribution in [1.29, 1.82) is 0 Å². The van der Waals surface area contributed by atoms with Crippen molar-refractivity contribution in [2.45, 2.75) is 24.3 Å². The third-order valence-corrected chi connectivity index (χ3v) is 4.58. The number of hydrogen-bond acceptors (Lipinski definition) is 3. The van der Waals surface area contributed by atoms with Crippen LogP contribution in [0.1, 0.15) is 13.3 Å². The quantitative estimate of drug-likeness (QED) is 0.812. The number of carboxylic acid groups (broad SMARTS) is 1. The van der Waals surface area contributed by atoms with Crippen LogP contribution in [0.2, 0.25) is 10.0 Å². The van der Waals surface area contributed by atoms with E-state index in [1.807, 2.05) is 4.72 Å². The van der Waals surface area contributed by atoms with Crippen molar-refractivity contribution in [3.63, 3.8) is 0 Å². The standard InChI is InChI=1S/C10H10Cl2FNO4S/c1-2-6(10(15)16)14-19(17,18)7-4-3-5(11)9(13)8(7)12/h3-4,6,14H,2H2,1H3,(H,15,16). The van der Waals surface area contributed by atoms with E-state index >= 15 is 0 Å². The zero-order valence-electron chi connectivity index (χ0n) is 9.65. The van der Waals surface area contributed by atoms with Crippen LogP contribution in [0.25, 0.3) is 0 Å². The maximum Gasteiger partial charge on any atom is 0.321 e. The highest BCUT2D eigenvalue weighted by Crippen LogP contribution is 2.29. The minimum atomic E-state index is -4.25. The van der Waals surface area contributed by atoms with Gasteiger partial charge in [-0.1, -0.05) is 30.1 Å². The normalized spacial score (nSPS) is 13.3. The Morgan fingerprint density at radius 1 is 1.47 bits per heavy atom. The maximum absolute atomic E-state index is 13.4. The van der Waals surface area contributed by atoms with E-state index in [2.05, 4.69) is 0 Å². The molecule has 0 aliphatic carbocycles. The van der Waals surface area contributed by atoms with Crippen molar-refractivity contribution in [3.8, 4) is 0 Å². The molecule has 1 unspecified atom stereocenters. The van der Waals surface area contributed by atoms with Crippen LogP contribution in [-0.4, -0.2) is 25.5 Å². The average Bonchev–Trinajstić information content (AvgIpc) is 2.32. The third kappa shape index (κ3) is 3.56. The molecule has 106 valence electrons. The van der Waals surface area contributed by atoms with Crippen molar-refractivity contribution < 1.29 is 22.7 Å². The van der Waals surface area contributed by atoms with Gasteiger partial charge in [-0.2, -0.15) is 4.72 Å². The van der Waals surface area contributed by atoms with Crippen LogP contribution < -0.4 is 4.72 Å². The van der Waals surface area contributed by atoms with Crippen LogP contribution in [-0.2, 0) is 14.8 Å². The first-order valence-electron chi connectivity index (χ1n) is 5.09. The van der Waals surface area contributed by atoms with Gasteiger partial charge in [0.2, 0.25) is 10.0 Å². The highest BCUT2D eigenvalue weighted by Gasteiger charge is 2.27. The first-order chi connectivity index (χ1) is 8.70. The minimum Gasteiger partial charge on any atom is -0.480 e. The van der Waals surface area contributed by atoms with E-state index in [1.54, 1.807) is 0 Å². The number of aliphatic carboxylic acids is 1. The fourth-order valence-corrected chi connectivity index (χ4v) is 3.29. The number of carbonyl (C=O) groups is 1. The van der Waals surface area contributed by atoms with E-state index in [9.17, 15) is 17.6 Å². The van der Waals surface area contributed by atoms with E-state index in [-0.39, 0.29) is 11.4 Å². The van der Waals surface area contributed by atoms with Gasteiger partial charge in [-0.25, -0.2) is 12.8 Å². The molecular weight excluding hydrogens is 320 g/mol. The van der Waals surface area contributed by atoms with Crippen LogP contribution in [0.4, 0.5) is 4.39 Å². The van der Waals surface area contributed by atoms with Crippen molar-refractivity contribution in [2.24, 2.45) is 0 Å². The zero-order chi connectivity index (χ0) is 14.8.